The van der Waals surface area contributed by atoms with E-state index < -0.39 is 11.7 Å². The molecular weight excluding hydrogens is 505 g/mol. The molecule has 0 saturated carbocycles. The van der Waals surface area contributed by atoms with Crippen molar-refractivity contribution in [2.24, 2.45) is 0 Å². The highest BCUT2D eigenvalue weighted by Gasteiger charge is 2.32. The third-order valence-corrected chi connectivity index (χ3v) is 7.57. The highest BCUT2D eigenvalue weighted by molar-refractivity contribution is 5.94. The van der Waals surface area contributed by atoms with Crippen LogP contribution in [0.15, 0.2) is 54.6 Å². The molecule has 0 bridgehead atoms. The zero-order chi connectivity index (χ0) is 27.7. The van der Waals surface area contributed by atoms with Gasteiger partial charge in [0.1, 0.15) is 5.82 Å². The zero-order valence-electron chi connectivity index (χ0n) is 22.4. The van der Waals surface area contributed by atoms with Crippen molar-refractivity contribution in [3.63, 3.8) is 0 Å². The predicted molar refractivity (Wildman–Crippen MR) is 146 cm³/mol. The Morgan fingerprint density at radius 1 is 0.897 bits per heavy atom. The normalized spacial score (nSPS) is 15.9. The molecule has 2 aromatic carbocycles. The third kappa shape index (κ3) is 5.65. The number of amides is 1. The van der Waals surface area contributed by atoms with Crippen molar-refractivity contribution in [2.75, 3.05) is 54.5 Å². The molecule has 5 rings (SSSR count). The van der Waals surface area contributed by atoms with Gasteiger partial charge in [0.15, 0.2) is 0 Å². The van der Waals surface area contributed by atoms with Gasteiger partial charge < -0.3 is 19.6 Å². The van der Waals surface area contributed by atoms with Crippen LogP contribution in [0.3, 0.4) is 0 Å². The van der Waals surface area contributed by atoms with Crippen LogP contribution in [0.4, 0.5) is 30.6 Å². The minimum Gasteiger partial charge on any atom is -0.368 e. The lowest BCUT2D eigenvalue weighted by atomic mass is 10.0. The summed E-state index contributed by atoms with van der Waals surface area (Å²) in [5.41, 5.74) is 2.49. The summed E-state index contributed by atoms with van der Waals surface area (Å²) in [6.07, 6.45) is -3.88. The van der Waals surface area contributed by atoms with Gasteiger partial charge in [0, 0.05) is 69.0 Å². The number of carbonyl (C=O) groups excluding carboxylic acids is 1. The van der Waals surface area contributed by atoms with Crippen LogP contribution in [0, 0.1) is 0 Å². The molecule has 0 atom stereocenters. The summed E-state index contributed by atoms with van der Waals surface area (Å²) in [6, 6.07) is 14.9. The van der Waals surface area contributed by atoms with Gasteiger partial charge in [-0.15, -0.1) is 0 Å². The molecule has 1 amide bonds. The number of fused-ring (bicyclic) bond motifs is 1. The quantitative estimate of drug-likeness (QED) is 0.462. The molecule has 206 valence electrons. The van der Waals surface area contributed by atoms with Gasteiger partial charge in [-0.1, -0.05) is 18.2 Å². The maximum Gasteiger partial charge on any atom is 0.416 e. The van der Waals surface area contributed by atoms with E-state index in [2.05, 4.69) is 40.7 Å². The van der Waals surface area contributed by atoms with Gasteiger partial charge in [-0.05, 0) is 50.2 Å². The number of halogens is 3. The fraction of sp³-hybridized carbons (Fsp3) is 0.414. The number of hydrogen-bond donors (Lipinski definition) is 0. The van der Waals surface area contributed by atoms with Gasteiger partial charge in [-0.3, -0.25) is 4.79 Å². The monoisotopic (exact) mass is 538 g/mol. The van der Waals surface area contributed by atoms with Crippen LogP contribution in [0.2, 0.25) is 0 Å². The molecule has 3 aromatic rings. The molecule has 7 nitrogen and oxygen atoms in total. The van der Waals surface area contributed by atoms with E-state index in [-0.39, 0.29) is 17.5 Å². The summed E-state index contributed by atoms with van der Waals surface area (Å²) in [4.78, 5) is 31.5. The molecule has 39 heavy (non-hydrogen) atoms. The van der Waals surface area contributed by atoms with E-state index in [1.54, 1.807) is 4.90 Å². The Morgan fingerprint density at radius 3 is 2.15 bits per heavy atom. The Morgan fingerprint density at radius 2 is 1.54 bits per heavy atom. The second-order valence-electron chi connectivity index (χ2n) is 10.3. The lowest BCUT2D eigenvalue weighted by Crippen LogP contribution is -2.47. The molecule has 3 heterocycles. The van der Waals surface area contributed by atoms with Crippen molar-refractivity contribution in [1.82, 2.24) is 14.9 Å². The van der Waals surface area contributed by atoms with Crippen molar-refractivity contribution in [1.29, 1.82) is 0 Å². The van der Waals surface area contributed by atoms with E-state index in [1.807, 2.05) is 25.2 Å². The Bertz CT molecular complexity index is 1310. The Kier molecular flexibility index (Phi) is 7.38. The molecule has 2 aliphatic heterocycles. The fourth-order valence-electron chi connectivity index (χ4n) is 5.02. The van der Waals surface area contributed by atoms with Crippen LogP contribution < -0.4 is 14.7 Å². The highest BCUT2D eigenvalue weighted by atomic mass is 19.4. The van der Waals surface area contributed by atoms with Gasteiger partial charge in [0.2, 0.25) is 5.95 Å². The van der Waals surface area contributed by atoms with Crippen LogP contribution in [0.25, 0.3) is 0 Å². The maximum absolute atomic E-state index is 13.2. The van der Waals surface area contributed by atoms with Gasteiger partial charge in [-0.25, -0.2) is 4.98 Å². The summed E-state index contributed by atoms with van der Waals surface area (Å²) in [5.74, 6) is 1.19. The van der Waals surface area contributed by atoms with E-state index in [1.165, 1.54) is 17.8 Å². The molecule has 1 fully saturated rings. The van der Waals surface area contributed by atoms with E-state index >= 15 is 0 Å². The molecule has 1 saturated heterocycles. The van der Waals surface area contributed by atoms with E-state index in [9.17, 15) is 18.0 Å². The first kappa shape index (κ1) is 26.8. The minimum absolute atomic E-state index is 0.174. The first-order chi connectivity index (χ1) is 18.6. The van der Waals surface area contributed by atoms with Gasteiger partial charge in [0.25, 0.3) is 5.91 Å². The zero-order valence-corrected chi connectivity index (χ0v) is 22.4. The SMILES string of the molecule is CC(C)N(C)c1nc(N2CCN(c3ccccc3)CC2)nc2c1CN(C(=O)c1ccc(C(F)(F)F)cc1)CC2. The minimum atomic E-state index is -4.44. The molecule has 0 N–H and O–H groups in total. The van der Waals surface area contributed by atoms with Crippen LogP contribution >= 0.6 is 0 Å². The van der Waals surface area contributed by atoms with E-state index in [0.717, 1.165) is 55.4 Å². The number of anilines is 3. The smallest absolute Gasteiger partial charge is 0.368 e. The highest BCUT2D eigenvalue weighted by Crippen LogP contribution is 2.32. The van der Waals surface area contributed by atoms with Crippen molar-refractivity contribution in [3.05, 3.63) is 77.0 Å². The molecule has 10 heteroatoms. The summed E-state index contributed by atoms with van der Waals surface area (Å²) < 4.78 is 38.9. The number of piperazine rings is 1. The first-order valence-electron chi connectivity index (χ1n) is 13.3. The second kappa shape index (κ2) is 10.7. The largest absolute Gasteiger partial charge is 0.416 e. The van der Waals surface area contributed by atoms with Crippen molar-refractivity contribution < 1.29 is 18.0 Å². The third-order valence-electron chi connectivity index (χ3n) is 7.57. The summed E-state index contributed by atoms with van der Waals surface area (Å²) >= 11 is 0. The first-order valence-corrected chi connectivity index (χ1v) is 13.3. The Hall–Kier alpha value is -3.82. The number of nitrogens with zero attached hydrogens (tertiary/aromatic N) is 6. The predicted octanol–water partition coefficient (Wildman–Crippen LogP) is 4.87. The van der Waals surface area contributed by atoms with Gasteiger partial charge in [0.05, 0.1) is 17.8 Å². The number of hydrogen-bond acceptors (Lipinski definition) is 6. The number of alkyl halides is 3. The standard InChI is InChI=1S/C29H33F3N6O/c1-20(2)35(3)26-24-19-38(27(39)21-9-11-22(12-10-21)29(30,31)32)14-13-25(24)33-28(34-26)37-17-15-36(16-18-37)23-7-5-4-6-8-23/h4-12,20H,13-19H2,1-3H3. The molecule has 2 aliphatic rings. The summed E-state index contributed by atoms with van der Waals surface area (Å²) in [5, 5.41) is 0. The van der Waals surface area contributed by atoms with E-state index in [4.69, 9.17) is 9.97 Å². The number of para-hydroxylation sites is 1. The number of carbonyl (C=O) groups is 1. The second-order valence-corrected chi connectivity index (χ2v) is 10.3. The Balaban J connectivity index is 1.37. The van der Waals surface area contributed by atoms with Crippen LogP contribution in [0.1, 0.15) is 41.0 Å². The average molecular weight is 539 g/mol. The number of benzene rings is 2. The van der Waals surface area contributed by atoms with Crippen molar-refractivity contribution >= 4 is 23.4 Å². The molecule has 0 unspecified atom stereocenters. The van der Waals surface area contributed by atoms with Gasteiger partial charge >= 0.3 is 6.18 Å². The van der Waals surface area contributed by atoms with Crippen LogP contribution in [0.5, 0.6) is 0 Å². The molecule has 0 aliphatic carbocycles. The topological polar surface area (TPSA) is 55.8 Å². The fourth-order valence-corrected chi connectivity index (χ4v) is 5.02. The summed E-state index contributed by atoms with van der Waals surface area (Å²) in [6.45, 7) is 8.26. The Labute approximate surface area is 226 Å². The van der Waals surface area contributed by atoms with Crippen LogP contribution in [-0.4, -0.2) is 66.6 Å². The molecule has 0 spiro atoms. The van der Waals surface area contributed by atoms with Crippen molar-refractivity contribution in [3.8, 4) is 0 Å². The lowest BCUT2D eigenvalue weighted by Gasteiger charge is -2.38. The average Bonchev–Trinajstić information content (AvgIpc) is 2.95. The number of rotatable bonds is 5. The van der Waals surface area contributed by atoms with E-state index in [0.29, 0.717) is 25.5 Å². The van der Waals surface area contributed by atoms with Gasteiger partial charge in [-0.2, -0.15) is 18.2 Å². The van der Waals surface area contributed by atoms with Crippen molar-refractivity contribution in [2.45, 2.75) is 39.0 Å². The maximum atomic E-state index is 13.2. The molecule has 0 radical (unpaired) electrons. The number of aromatic nitrogens is 2. The summed E-state index contributed by atoms with van der Waals surface area (Å²) in [7, 11) is 1.99. The molecule has 1 aromatic heterocycles. The lowest BCUT2D eigenvalue weighted by molar-refractivity contribution is -0.137. The molecular formula is C29H33F3N6O. The van der Waals surface area contributed by atoms with Crippen LogP contribution in [-0.2, 0) is 19.1 Å².